The molecular formula is C27H23N5O2S. The summed E-state index contributed by atoms with van der Waals surface area (Å²) in [5.41, 5.74) is 3.29. The Bertz CT molecular complexity index is 1670. The van der Waals surface area contributed by atoms with Crippen LogP contribution < -0.4 is 16.1 Å². The van der Waals surface area contributed by atoms with Crippen molar-refractivity contribution in [1.82, 2.24) is 24.2 Å². The average molecular weight is 482 g/mol. The van der Waals surface area contributed by atoms with Gasteiger partial charge in [0.05, 0.1) is 39.6 Å². The predicted molar refractivity (Wildman–Crippen MR) is 137 cm³/mol. The standard InChI is InChI=1S/C27H23N5O2S/c1-18-25-22(15-24(33)30(18)17-20-11-7-8-14-28-20)31(16-19-9-3-2-4-10-19)32(26(25)34)27-29-21-12-5-6-13-23(21)35-27/h2-15,24,33H,16-17H2,1H3. The zero-order valence-corrected chi connectivity index (χ0v) is 19.9. The maximum absolute atomic E-state index is 14.0. The molecule has 0 bridgehead atoms. The third-order valence-electron chi connectivity index (χ3n) is 6.30. The summed E-state index contributed by atoms with van der Waals surface area (Å²) in [6.07, 6.45) is 2.59. The summed E-state index contributed by atoms with van der Waals surface area (Å²) in [6.45, 7) is 2.75. The highest BCUT2D eigenvalue weighted by Crippen LogP contribution is 2.24. The van der Waals surface area contributed by atoms with Gasteiger partial charge in [0, 0.05) is 11.9 Å². The molecule has 5 aromatic rings. The van der Waals surface area contributed by atoms with Gasteiger partial charge in [0.25, 0.3) is 5.56 Å². The van der Waals surface area contributed by atoms with Crippen LogP contribution in [0.25, 0.3) is 27.1 Å². The number of hydrogen-bond donors (Lipinski definition) is 1. The molecule has 3 aromatic heterocycles. The number of aliphatic hydroxyl groups is 1. The lowest BCUT2D eigenvalue weighted by molar-refractivity contribution is 0.0915. The van der Waals surface area contributed by atoms with E-state index in [0.29, 0.717) is 34.5 Å². The van der Waals surface area contributed by atoms with Crippen molar-refractivity contribution in [3.05, 3.63) is 111 Å². The maximum atomic E-state index is 14.0. The molecule has 35 heavy (non-hydrogen) atoms. The summed E-state index contributed by atoms with van der Waals surface area (Å²) >= 11 is 1.48. The van der Waals surface area contributed by atoms with Crippen LogP contribution in [0.15, 0.2) is 83.8 Å². The number of pyridine rings is 1. The van der Waals surface area contributed by atoms with Gasteiger partial charge in [-0.15, -0.1) is 0 Å². The van der Waals surface area contributed by atoms with Gasteiger partial charge in [-0.1, -0.05) is 59.9 Å². The SMILES string of the molecule is CC1=c2c(n(Cc3ccccc3)n(-c3nc4ccccc4s3)c2=O)=CC(O)N1Cc1ccccn1. The summed E-state index contributed by atoms with van der Waals surface area (Å²) in [5, 5.41) is 13.0. The first-order chi connectivity index (χ1) is 17.1. The molecule has 1 N–H and O–H groups in total. The number of fused-ring (bicyclic) bond motifs is 2. The molecule has 0 radical (unpaired) electrons. The molecule has 174 valence electrons. The molecule has 6 rings (SSSR count). The summed E-state index contributed by atoms with van der Waals surface area (Å²) in [6, 6.07) is 23.6. The number of aliphatic hydroxyl groups excluding tert-OH is 1. The lowest BCUT2D eigenvalue weighted by atomic mass is 10.2. The highest BCUT2D eigenvalue weighted by Gasteiger charge is 2.26. The average Bonchev–Trinajstić information content (AvgIpc) is 3.41. The molecule has 0 aliphatic carbocycles. The normalized spacial score (nSPS) is 15.3. The van der Waals surface area contributed by atoms with Gasteiger partial charge in [-0.3, -0.25) is 14.5 Å². The molecule has 4 heterocycles. The number of nitrogens with zero attached hydrogens (tertiary/aromatic N) is 5. The molecule has 1 aliphatic heterocycles. The van der Waals surface area contributed by atoms with Crippen LogP contribution in [0.3, 0.4) is 0 Å². The van der Waals surface area contributed by atoms with Gasteiger partial charge in [0.1, 0.15) is 6.23 Å². The van der Waals surface area contributed by atoms with Crippen molar-refractivity contribution < 1.29 is 5.11 Å². The van der Waals surface area contributed by atoms with E-state index in [2.05, 4.69) is 4.98 Å². The van der Waals surface area contributed by atoms with E-state index in [0.717, 1.165) is 21.5 Å². The predicted octanol–water partition coefficient (Wildman–Crippen LogP) is 2.43. The maximum Gasteiger partial charge on any atom is 0.283 e. The van der Waals surface area contributed by atoms with E-state index < -0.39 is 6.23 Å². The molecule has 0 saturated carbocycles. The number of hydrogen-bond acceptors (Lipinski definition) is 6. The smallest absolute Gasteiger partial charge is 0.283 e. The van der Waals surface area contributed by atoms with E-state index in [1.54, 1.807) is 17.0 Å². The number of aromatic nitrogens is 4. The third kappa shape index (κ3) is 3.77. The Balaban J connectivity index is 1.59. The van der Waals surface area contributed by atoms with Crippen LogP contribution in [0.1, 0.15) is 18.2 Å². The Morgan fingerprint density at radius 2 is 1.74 bits per heavy atom. The van der Waals surface area contributed by atoms with Gasteiger partial charge in [0.15, 0.2) is 0 Å². The molecule has 0 saturated heterocycles. The molecule has 2 aromatic carbocycles. The van der Waals surface area contributed by atoms with Gasteiger partial charge in [-0.25, -0.2) is 4.98 Å². The van der Waals surface area contributed by atoms with Crippen LogP contribution in [-0.4, -0.2) is 35.6 Å². The Morgan fingerprint density at radius 1 is 0.971 bits per heavy atom. The molecule has 1 aliphatic rings. The lowest BCUT2D eigenvalue weighted by Crippen LogP contribution is -2.49. The molecule has 0 amide bonds. The zero-order valence-electron chi connectivity index (χ0n) is 19.1. The Labute approximate surface area is 205 Å². The van der Waals surface area contributed by atoms with Crippen LogP contribution in [0, 0.1) is 0 Å². The van der Waals surface area contributed by atoms with Gasteiger partial charge in [-0.05, 0) is 42.8 Å². The van der Waals surface area contributed by atoms with E-state index in [-0.39, 0.29) is 5.56 Å². The van der Waals surface area contributed by atoms with Crippen molar-refractivity contribution in [2.75, 3.05) is 0 Å². The second-order valence-electron chi connectivity index (χ2n) is 8.50. The fourth-order valence-corrected chi connectivity index (χ4v) is 5.55. The summed E-state index contributed by atoms with van der Waals surface area (Å²) < 4.78 is 4.59. The van der Waals surface area contributed by atoms with E-state index >= 15 is 0 Å². The molecule has 1 unspecified atom stereocenters. The molecular weight excluding hydrogens is 458 g/mol. The molecule has 7 nitrogen and oxygen atoms in total. The van der Waals surface area contributed by atoms with Crippen LogP contribution in [0.2, 0.25) is 0 Å². The van der Waals surface area contributed by atoms with Crippen molar-refractivity contribution in [2.24, 2.45) is 0 Å². The highest BCUT2D eigenvalue weighted by atomic mass is 32.1. The van der Waals surface area contributed by atoms with Crippen LogP contribution in [-0.2, 0) is 13.1 Å². The van der Waals surface area contributed by atoms with Gasteiger partial charge >= 0.3 is 0 Å². The first-order valence-electron chi connectivity index (χ1n) is 11.4. The molecule has 1 atom stereocenters. The second-order valence-corrected chi connectivity index (χ2v) is 9.51. The molecule has 0 spiro atoms. The van der Waals surface area contributed by atoms with Gasteiger partial charge in [-0.2, -0.15) is 4.68 Å². The summed E-state index contributed by atoms with van der Waals surface area (Å²) in [7, 11) is 0. The van der Waals surface area contributed by atoms with Crippen molar-refractivity contribution in [3.63, 3.8) is 0 Å². The first kappa shape index (κ1) is 21.5. The lowest BCUT2D eigenvalue weighted by Gasteiger charge is -2.30. The van der Waals surface area contributed by atoms with Crippen molar-refractivity contribution >= 4 is 33.3 Å². The van der Waals surface area contributed by atoms with Crippen LogP contribution in [0.5, 0.6) is 0 Å². The monoisotopic (exact) mass is 481 g/mol. The molecule has 8 heteroatoms. The van der Waals surface area contributed by atoms with Crippen LogP contribution in [0.4, 0.5) is 0 Å². The Kier molecular flexibility index (Phi) is 5.32. The van der Waals surface area contributed by atoms with E-state index in [1.165, 1.54) is 11.3 Å². The van der Waals surface area contributed by atoms with Gasteiger partial charge < -0.3 is 10.0 Å². The number of benzene rings is 2. The second kappa shape index (κ2) is 8.65. The van der Waals surface area contributed by atoms with Crippen molar-refractivity contribution in [3.8, 4) is 5.13 Å². The van der Waals surface area contributed by atoms with E-state index in [9.17, 15) is 9.90 Å². The molecule has 0 fully saturated rings. The largest absolute Gasteiger partial charge is 0.370 e. The minimum atomic E-state index is -0.892. The van der Waals surface area contributed by atoms with Crippen molar-refractivity contribution in [1.29, 1.82) is 0 Å². The van der Waals surface area contributed by atoms with Gasteiger partial charge in [0.2, 0.25) is 5.13 Å². The highest BCUT2D eigenvalue weighted by molar-refractivity contribution is 7.20. The first-order valence-corrected chi connectivity index (χ1v) is 12.2. The number of thiazole rings is 1. The fourth-order valence-electron chi connectivity index (χ4n) is 4.58. The Hall–Kier alpha value is -4.01. The van der Waals surface area contributed by atoms with Crippen molar-refractivity contribution in [2.45, 2.75) is 26.2 Å². The topological polar surface area (TPSA) is 76.2 Å². The summed E-state index contributed by atoms with van der Waals surface area (Å²) in [5.74, 6) is 0. The quantitative estimate of drug-likeness (QED) is 0.417. The van der Waals surface area contributed by atoms with E-state index in [4.69, 9.17) is 4.98 Å². The van der Waals surface area contributed by atoms with Crippen LogP contribution >= 0.6 is 11.3 Å². The summed E-state index contributed by atoms with van der Waals surface area (Å²) in [4.78, 5) is 24.9. The fraction of sp³-hybridized carbons (Fsp3) is 0.148. The van der Waals surface area contributed by atoms with E-state index in [1.807, 2.05) is 89.3 Å². The zero-order chi connectivity index (χ0) is 23.9. The minimum absolute atomic E-state index is 0.151. The Morgan fingerprint density at radius 3 is 2.51 bits per heavy atom. The number of para-hydroxylation sites is 1. The third-order valence-corrected chi connectivity index (χ3v) is 7.31. The minimum Gasteiger partial charge on any atom is -0.370 e. The number of rotatable bonds is 5.